The minimum atomic E-state index is -0.267. The van der Waals surface area contributed by atoms with Crippen LogP contribution >= 0.6 is 11.6 Å². The highest BCUT2D eigenvalue weighted by Crippen LogP contribution is 2.28. The standard InChI is InChI=1S/C20H17ClN2O2/c1-2-22-12-16(19(24)15-11-14(21)7-8-18(15)22)20(25)23-10-9-13-5-3-4-6-17(13)23/h3-8,11-12H,2,9-10H2,1H3. The summed E-state index contributed by atoms with van der Waals surface area (Å²) in [7, 11) is 0. The first-order valence-electron chi connectivity index (χ1n) is 8.32. The molecule has 126 valence electrons. The molecule has 0 fully saturated rings. The van der Waals surface area contributed by atoms with E-state index in [0.717, 1.165) is 23.2 Å². The SMILES string of the molecule is CCn1cc(C(=O)N2CCc3ccccc32)c(=O)c2cc(Cl)ccc21. The van der Waals surface area contributed by atoms with Crippen molar-refractivity contribution >= 4 is 34.1 Å². The van der Waals surface area contributed by atoms with E-state index in [9.17, 15) is 9.59 Å². The summed E-state index contributed by atoms with van der Waals surface area (Å²) >= 11 is 6.07. The van der Waals surface area contributed by atoms with Crippen LogP contribution in [0, 0.1) is 0 Å². The number of halogens is 1. The topological polar surface area (TPSA) is 42.3 Å². The maximum absolute atomic E-state index is 13.1. The number of para-hydroxylation sites is 1. The molecular formula is C20H17ClN2O2. The zero-order chi connectivity index (χ0) is 17.6. The van der Waals surface area contributed by atoms with Crippen LogP contribution in [0.25, 0.3) is 10.9 Å². The van der Waals surface area contributed by atoms with Gasteiger partial charge in [0, 0.05) is 35.4 Å². The van der Waals surface area contributed by atoms with Crippen molar-refractivity contribution in [1.29, 1.82) is 0 Å². The summed E-state index contributed by atoms with van der Waals surface area (Å²) in [6.07, 6.45) is 2.48. The molecule has 1 aliphatic rings. The van der Waals surface area contributed by atoms with Crippen LogP contribution in [-0.4, -0.2) is 17.0 Å². The molecule has 0 N–H and O–H groups in total. The van der Waals surface area contributed by atoms with Gasteiger partial charge in [-0.15, -0.1) is 0 Å². The van der Waals surface area contributed by atoms with Crippen LogP contribution in [0.1, 0.15) is 22.8 Å². The molecule has 0 spiro atoms. The van der Waals surface area contributed by atoms with Crippen molar-refractivity contribution in [3.63, 3.8) is 0 Å². The van der Waals surface area contributed by atoms with E-state index in [1.54, 1.807) is 23.2 Å². The van der Waals surface area contributed by atoms with Gasteiger partial charge in [-0.2, -0.15) is 0 Å². The van der Waals surface area contributed by atoms with Crippen molar-refractivity contribution in [1.82, 2.24) is 4.57 Å². The average molecular weight is 353 g/mol. The van der Waals surface area contributed by atoms with Gasteiger partial charge in [-0.25, -0.2) is 0 Å². The fraction of sp³-hybridized carbons (Fsp3) is 0.200. The number of hydrogen-bond donors (Lipinski definition) is 0. The van der Waals surface area contributed by atoms with Gasteiger partial charge < -0.3 is 9.47 Å². The predicted octanol–water partition coefficient (Wildman–Crippen LogP) is 3.88. The van der Waals surface area contributed by atoms with Crippen LogP contribution in [0.15, 0.2) is 53.5 Å². The number of benzene rings is 2. The molecule has 1 aliphatic heterocycles. The molecule has 25 heavy (non-hydrogen) atoms. The largest absolute Gasteiger partial charge is 0.347 e. The van der Waals surface area contributed by atoms with Gasteiger partial charge in [0.05, 0.1) is 5.52 Å². The van der Waals surface area contributed by atoms with Gasteiger partial charge in [0.2, 0.25) is 5.43 Å². The van der Waals surface area contributed by atoms with E-state index >= 15 is 0 Å². The lowest BCUT2D eigenvalue weighted by Gasteiger charge is -2.18. The first-order chi connectivity index (χ1) is 12.1. The zero-order valence-electron chi connectivity index (χ0n) is 13.8. The first kappa shape index (κ1) is 15.9. The molecule has 0 unspecified atom stereocenters. The van der Waals surface area contributed by atoms with Crippen molar-refractivity contribution in [3.8, 4) is 0 Å². The first-order valence-corrected chi connectivity index (χ1v) is 8.70. The fourth-order valence-electron chi connectivity index (χ4n) is 3.48. The van der Waals surface area contributed by atoms with Gasteiger partial charge >= 0.3 is 0 Å². The molecule has 0 aliphatic carbocycles. The second kappa shape index (κ2) is 6.05. The highest BCUT2D eigenvalue weighted by molar-refractivity contribution is 6.31. The lowest BCUT2D eigenvalue weighted by atomic mass is 10.1. The summed E-state index contributed by atoms with van der Waals surface area (Å²) in [4.78, 5) is 27.7. The number of hydrogen-bond acceptors (Lipinski definition) is 2. The fourth-order valence-corrected chi connectivity index (χ4v) is 3.65. The molecule has 2 heterocycles. The number of aromatic nitrogens is 1. The molecule has 0 atom stereocenters. The predicted molar refractivity (Wildman–Crippen MR) is 101 cm³/mol. The molecule has 5 heteroatoms. The van der Waals surface area contributed by atoms with Crippen molar-refractivity contribution in [2.75, 3.05) is 11.4 Å². The Hall–Kier alpha value is -2.59. The Morgan fingerprint density at radius 2 is 2.00 bits per heavy atom. The quantitative estimate of drug-likeness (QED) is 0.702. The third-order valence-corrected chi connectivity index (χ3v) is 4.98. The number of aryl methyl sites for hydroxylation is 1. The molecule has 4 nitrogen and oxygen atoms in total. The molecule has 1 amide bonds. The molecular weight excluding hydrogens is 336 g/mol. The van der Waals surface area contributed by atoms with Gasteiger partial charge in [-0.3, -0.25) is 9.59 Å². The van der Waals surface area contributed by atoms with E-state index in [0.29, 0.717) is 23.5 Å². The Labute approximate surface area is 150 Å². The van der Waals surface area contributed by atoms with Gasteiger partial charge in [-0.1, -0.05) is 29.8 Å². The van der Waals surface area contributed by atoms with Crippen LogP contribution in [0.2, 0.25) is 5.02 Å². The van der Waals surface area contributed by atoms with Crippen LogP contribution in [0.3, 0.4) is 0 Å². The summed E-state index contributed by atoms with van der Waals surface area (Å²) in [5, 5.41) is 0.969. The molecule has 2 aromatic carbocycles. The lowest BCUT2D eigenvalue weighted by Crippen LogP contribution is -2.33. The molecule has 1 aromatic heterocycles. The average Bonchev–Trinajstić information content (AvgIpc) is 3.06. The summed E-state index contributed by atoms with van der Waals surface area (Å²) in [5.41, 5.74) is 2.73. The highest BCUT2D eigenvalue weighted by Gasteiger charge is 2.27. The van der Waals surface area contributed by atoms with Crippen LogP contribution in [0.5, 0.6) is 0 Å². The molecule has 4 rings (SSSR count). The Balaban J connectivity index is 1.88. The summed E-state index contributed by atoms with van der Waals surface area (Å²) in [6, 6.07) is 13.0. The number of rotatable bonds is 2. The second-order valence-electron chi connectivity index (χ2n) is 6.15. The maximum atomic E-state index is 13.1. The third kappa shape index (κ3) is 2.53. The van der Waals surface area contributed by atoms with Crippen molar-refractivity contribution < 1.29 is 4.79 Å². The van der Waals surface area contributed by atoms with E-state index in [2.05, 4.69) is 0 Å². The van der Waals surface area contributed by atoms with Crippen LogP contribution < -0.4 is 10.3 Å². The van der Waals surface area contributed by atoms with Crippen LogP contribution in [-0.2, 0) is 13.0 Å². The Kier molecular flexibility index (Phi) is 3.85. The third-order valence-electron chi connectivity index (χ3n) is 4.75. The summed E-state index contributed by atoms with van der Waals surface area (Å²) in [6.45, 7) is 3.24. The number of carbonyl (C=O) groups is 1. The van der Waals surface area contributed by atoms with E-state index < -0.39 is 0 Å². The van der Waals surface area contributed by atoms with Gasteiger partial charge in [-0.05, 0) is 43.2 Å². The summed E-state index contributed by atoms with van der Waals surface area (Å²) < 4.78 is 1.92. The smallest absolute Gasteiger partial charge is 0.263 e. The molecule has 3 aromatic rings. The Morgan fingerprint density at radius 1 is 1.20 bits per heavy atom. The van der Waals surface area contributed by atoms with Crippen molar-refractivity contribution in [3.05, 3.63) is 75.0 Å². The van der Waals surface area contributed by atoms with Crippen LogP contribution in [0.4, 0.5) is 5.69 Å². The van der Waals surface area contributed by atoms with Crippen molar-refractivity contribution in [2.45, 2.75) is 19.9 Å². The maximum Gasteiger partial charge on any atom is 0.263 e. The highest BCUT2D eigenvalue weighted by atomic mass is 35.5. The monoisotopic (exact) mass is 352 g/mol. The normalized spacial score (nSPS) is 13.3. The molecule has 0 radical (unpaired) electrons. The Bertz CT molecular complexity index is 1060. The van der Waals surface area contributed by atoms with E-state index in [-0.39, 0.29) is 16.9 Å². The van der Waals surface area contributed by atoms with Gasteiger partial charge in [0.25, 0.3) is 5.91 Å². The summed E-state index contributed by atoms with van der Waals surface area (Å²) in [5.74, 6) is -0.251. The minimum absolute atomic E-state index is 0.188. The molecule has 0 saturated heterocycles. The molecule has 0 bridgehead atoms. The Morgan fingerprint density at radius 3 is 2.80 bits per heavy atom. The minimum Gasteiger partial charge on any atom is -0.347 e. The zero-order valence-corrected chi connectivity index (χ0v) is 14.6. The van der Waals surface area contributed by atoms with Gasteiger partial charge in [0.15, 0.2) is 0 Å². The van der Waals surface area contributed by atoms with E-state index in [1.165, 1.54) is 0 Å². The lowest BCUT2D eigenvalue weighted by molar-refractivity contribution is 0.0988. The van der Waals surface area contributed by atoms with Crippen molar-refractivity contribution in [2.24, 2.45) is 0 Å². The number of carbonyl (C=O) groups excluding carboxylic acids is 1. The second-order valence-corrected chi connectivity index (χ2v) is 6.59. The van der Waals surface area contributed by atoms with Gasteiger partial charge in [0.1, 0.15) is 5.56 Å². The number of anilines is 1. The van der Waals surface area contributed by atoms with E-state index in [1.807, 2.05) is 41.8 Å². The number of pyridine rings is 1. The number of nitrogens with zero attached hydrogens (tertiary/aromatic N) is 2. The molecule has 0 saturated carbocycles. The number of fused-ring (bicyclic) bond motifs is 2. The van der Waals surface area contributed by atoms with E-state index in [4.69, 9.17) is 11.6 Å². The number of amides is 1.